The first kappa shape index (κ1) is 21.1. The van der Waals surface area contributed by atoms with Crippen LogP contribution in [-0.2, 0) is 22.5 Å². The van der Waals surface area contributed by atoms with Gasteiger partial charge in [0.1, 0.15) is 0 Å². The molecule has 1 aromatic heterocycles. The van der Waals surface area contributed by atoms with Crippen LogP contribution in [0.2, 0.25) is 10.0 Å². The molecule has 0 atom stereocenters. The maximum atomic E-state index is 12.8. The third-order valence-electron chi connectivity index (χ3n) is 4.64. The third-order valence-corrected chi connectivity index (χ3v) is 6.48. The maximum absolute atomic E-state index is 12.8. The number of halogens is 2. The highest BCUT2D eigenvalue weighted by Crippen LogP contribution is 2.31. The molecule has 0 spiro atoms. The minimum Gasteiger partial charge on any atom is -0.383 e. The predicted molar refractivity (Wildman–Crippen MR) is 117 cm³/mol. The number of ether oxygens (including phenoxy) is 1. The lowest BCUT2D eigenvalue weighted by Crippen LogP contribution is -2.20. The first-order chi connectivity index (χ1) is 13.3. The van der Waals surface area contributed by atoms with Gasteiger partial charge in [0.15, 0.2) is 4.80 Å². The van der Waals surface area contributed by atoms with Gasteiger partial charge in [-0.25, -0.2) is 0 Å². The molecule has 4 nitrogen and oxygen atoms in total. The molecule has 0 bridgehead atoms. The van der Waals surface area contributed by atoms with Gasteiger partial charge < -0.3 is 9.30 Å². The Morgan fingerprint density at radius 3 is 2.43 bits per heavy atom. The van der Waals surface area contributed by atoms with Gasteiger partial charge in [-0.2, -0.15) is 4.99 Å². The molecule has 28 heavy (non-hydrogen) atoms. The van der Waals surface area contributed by atoms with Crippen LogP contribution in [0.3, 0.4) is 0 Å². The van der Waals surface area contributed by atoms with Crippen LogP contribution in [0.5, 0.6) is 0 Å². The minimum absolute atomic E-state index is 0.194. The summed E-state index contributed by atoms with van der Waals surface area (Å²) in [5.74, 6) is -0.194. The summed E-state index contributed by atoms with van der Waals surface area (Å²) < 4.78 is 7.94. The van der Waals surface area contributed by atoms with Crippen LogP contribution in [0.4, 0.5) is 0 Å². The summed E-state index contributed by atoms with van der Waals surface area (Å²) in [6, 6.07) is 7.70. The van der Waals surface area contributed by atoms with Gasteiger partial charge >= 0.3 is 0 Å². The fourth-order valence-corrected chi connectivity index (χ4v) is 5.06. The van der Waals surface area contributed by atoms with Crippen LogP contribution in [-0.4, -0.2) is 24.2 Å². The number of benzene rings is 2. The molecule has 0 unspecified atom stereocenters. The molecule has 3 aromatic rings. The molecule has 3 rings (SSSR count). The van der Waals surface area contributed by atoms with Crippen LogP contribution in [0, 0.1) is 20.8 Å². The molecule has 0 saturated carbocycles. The zero-order valence-electron chi connectivity index (χ0n) is 16.3. The van der Waals surface area contributed by atoms with Crippen LogP contribution in [0.25, 0.3) is 10.2 Å². The first-order valence-corrected chi connectivity index (χ1v) is 10.5. The topological polar surface area (TPSA) is 43.6 Å². The predicted octanol–water partition coefficient (Wildman–Crippen LogP) is 5.25. The van der Waals surface area contributed by atoms with Crippen molar-refractivity contribution in [3.05, 3.63) is 61.4 Å². The van der Waals surface area contributed by atoms with Crippen LogP contribution in [0.1, 0.15) is 22.3 Å². The van der Waals surface area contributed by atoms with Crippen LogP contribution in [0.15, 0.2) is 29.3 Å². The maximum Gasteiger partial charge on any atom is 0.252 e. The molecule has 0 aliphatic heterocycles. The Kier molecular flexibility index (Phi) is 6.61. The highest BCUT2D eigenvalue weighted by Gasteiger charge is 2.15. The number of methoxy groups -OCH3 is 1. The Hall–Kier alpha value is -1.66. The Balaban J connectivity index is 2.07. The minimum atomic E-state index is -0.194. The molecule has 0 N–H and O–H groups in total. The second kappa shape index (κ2) is 8.78. The van der Waals surface area contributed by atoms with Gasteiger partial charge in [0.25, 0.3) is 5.91 Å². The van der Waals surface area contributed by atoms with Gasteiger partial charge in [0.05, 0.1) is 33.3 Å². The van der Waals surface area contributed by atoms with Gasteiger partial charge in [0, 0.05) is 13.7 Å². The van der Waals surface area contributed by atoms with Crippen molar-refractivity contribution in [1.29, 1.82) is 0 Å². The molecular formula is C21H22Cl2N2O2S. The summed E-state index contributed by atoms with van der Waals surface area (Å²) in [4.78, 5) is 17.8. The van der Waals surface area contributed by atoms with E-state index in [2.05, 4.69) is 24.0 Å². The molecule has 0 aliphatic rings. The summed E-state index contributed by atoms with van der Waals surface area (Å²) in [6.07, 6.45) is 0.262. The zero-order chi connectivity index (χ0) is 20.4. The van der Waals surface area contributed by atoms with E-state index >= 15 is 0 Å². The van der Waals surface area contributed by atoms with Crippen molar-refractivity contribution in [2.75, 3.05) is 13.7 Å². The molecule has 0 saturated heterocycles. The third kappa shape index (κ3) is 4.33. The van der Waals surface area contributed by atoms with Crippen molar-refractivity contribution in [1.82, 2.24) is 4.57 Å². The Morgan fingerprint density at radius 2 is 1.79 bits per heavy atom. The number of carbonyl (C=O) groups excluding carboxylic acids is 1. The van der Waals surface area contributed by atoms with E-state index in [9.17, 15) is 4.79 Å². The molecule has 0 radical (unpaired) electrons. The van der Waals surface area contributed by atoms with Crippen molar-refractivity contribution in [2.24, 2.45) is 4.99 Å². The van der Waals surface area contributed by atoms with E-state index in [1.807, 2.05) is 18.4 Å². The second-order valence-electron chi connectivity index (χ2n) is 6.80. The summed E-state index contributed by atoms with van der Waals surface area (Å²) in [5, 5.41) is 1.17. The van der Waals surface area contributed by atoms with Gasteiger partial charge in [0.2, 0.25) is 0 Å². The van der Waals surface area contributed by atoms with Gasteiger partial charge in [-0.3, -0.25) is 4.79 Å². The molecule has 148 valence electrons. The number of fused-ring (bicyclic) bond motifs is 1. The van der Waals surface area contributed by atoms with Crippen molar-refractivity contribution >= 4 is 50.7 Å². The molecule has 2 aromatic carbocycles. The van der Waals surface area contributed by atoms with E-state index in [0.717, 1.165) is 26.9 Å². The van der Waals surface area contributed by atoms with E-state index in [1.165, 1.54) is 16.9 Å². The van der Waals surface area contributed by atoms with Gasteiger partial charge in [-0.05, 0) is 49.6 Å². The molecular weight excluding hydrogens is 415 g/mol. The Bertz CT molecular complexity index is 1090. The molecule has 1 heterocycles. The Labute approximate surface area is 178 Å². The van der Waals surface area contributed by atoms with Crippen molar-refractivity contribution in [3.63, 3.8) is 0 Å². The van der Waals surface area contributed by atoms with Gasteiger partial charge in [-0.1, -0.05) is 52.2 Å². The number of rotatable bonds is 5. The highest BCUT2D eigenvalue weighted by atomic mass is 35.5. The Morgan fingerprint density at radius 1 is 1.14 bits per heavy atom. The number of aromatic nitrogens is 1. The number of hydrogen-bond acceptors (Lipinski definition) is 3. The molecule has 0 fully saturated rings. The molecule has 0 aliphatic carbocycles. The first-order valence-electron chi connectivity index (χ1n) is 8.92. The fourth-order valence-electron chi connectivity index (χ4n) is 3.37. The lowest BCUT2D eigenvalue weighted by atomic mass is 9.97. The standard InChI is InChI=1S/C21H22Cl2N2O2S/c1-12-9-13(2)15(14(3)10-12)11-18(26)24-21-25(7-8-27-4)19-16(22)5-6-17(23)20(19)28-21/h5-6,9-10H,7-8,11H2,1-4H3. The van der Waals surface area contributed by atoms with E-state index in [-0.39, 0.29) is 12.3 Å². The number of hydrogen-bond donors (Lipinski definition) is 0. The van der Waals surface area contributed by atoms with E-state index in [1.54, 1.807) is 19.2 Å². The second-order valence-corrected chi connectivity index (χ2v) is 8.59. The number of thiazole rings is 1. The SMILES string of the molecule is COCCn1c(=NC(=O)Cc2c(C)cc(C)cc2C)sc2c(Cl)ccc(Cl)c21. The normalized spacial score (nSPS) is 12.1. The average Bonchev–Trinajstić information content (AvgIpc) is 2.98. The summed E-state index contributed by atoms with van der Waals surface area (Å²) in [5.41, 5.74) is 5.21. The highest BCUT2D eigenvalue weighted by molar-refractivity contribution is 7.17. The molecule has 7 heteroatoms. The largest absolute Gasteiger partial charge is 0.383 e. The van der Waals surface area contributed by atoms with E-state index < -0.39 is 0 Å². The number of aryl methyl sites for hydroxylation is 3. The fraction of sp³-hybridized carbons (Fsp3) is 0.333. The van der Waals surface area contributed by atoms with Crippen molar-refractivity contribution in [3.8, 4) is 0 Å². The number of nitrogens with zero attached hydrogens (tertiary/aromatic N) is 2. The van der Waals surface area contributed by atoms with Crippen molar-refractivity contribution in [2.45, 2.75) is 33.7 Å². The van der Waals surface area contributed by atoms with Crippen LogP contribution >= 0.6 is 34.5 Å². The summed E-state index contributed by atoms with van der Waals surface area (Å²) >= 11 is 14.1. The average molecular weight is 437 g/mol. The zero-order valence-corrected chi connectivity index (χ0v) is 18.6. The monoisotopic (exact) mass is 436 g/mol. The lowest BCUT2D eigenvalue weighted by molar-refractivity contribution is -0.117. The number of carbonyl (C=O) groups is 1. The van der Waals surface area contributed by atoms with Crippen LogP contribution < -0.4 is 4.80 Å². The lowest BCUT2D eigenvalue weighted by Gasteiger charge is -2.09. The smallest absolute Gasteiger partial charge is 0.252 e. The van der Waals surface area contributed by atoms with Crippen molar-refractivity contribution < 1.29 is 9.53 Å². The number of amides is 1. The van der Waals surface area contributed by atoms with E-state index in [0.29, 0.717) is 28.0 Å². The summed E-state index contributed by atoms with van der Waals surface area (Å²) in [7, 11) is 1.63. The molecule has 1 amide bonds. The quantitative estimate of drug-likeness (QED) is 0.547. The van der Waals surface area contributed by atoms with E-state index in [4.69, 9.17) is 27.9 Å². The van der Waals surface area contributed by atoms with Gasteiger partial charge in [-0.15, -0.1) is 0 Å². The summed E-state index contributed by atoms with van der Waals surface area (Å²) in [6.45, 7) is 7.12.